The molecule has 2 saturated heterocycles. The number of carbonyl (C=O) groups is 1. The number of aryl methyl sites for hydroxylation is 2. The molecule has 0 bridgehead atoms. The van der Waals surface area contributed by atoms with Crippen molar-refractivity contribution < 1.29 is 9.18 Å². The molecule has 28 heavy (non-hydrogen) atoms. The fourth-order valence-electron chi connectivity index (χ4n) is 4.97. The summed E-state index contributed by atoms with van der Waals surface area (Å²) in [4.78, 5) is 16.6. The van der Waals surface area contributed by atoms with Crippen LogP contribution in [0.15, 0.2) is 24.3 Å². The zero-order chi connectivity index (χ0) is 20.0. The smallest absolute Gasteiger partial charge is 0.219 e. The molecule has 2 aromatic rings. The van der Waals surface area contributed by atoms with Crippen molar-refractivity contribution in [3.63, 3.8) is 0 Å². The highest BCUT2D eigenvalue weighted by Gasteiger charge is 2.48. The van der Waals surface area contributed by atoms with Crippen molar-refractivity contribution >= 4 is 17.5 Å². The van der Waals surface area contributed by atoms with E-state index in [0.717, 1.165) is 49.4 Å². The van der Waals surface area contributed by atoms with E-state index in [0.29, 0.717) is 17.0 Å². The molecule has 5 nitrogen and oxygen atoms in total. The number of fused-ring (bicyclic) bond motifs is 1. The molecule has 0 unspecified atom stereocenters. The van der Waals surface area contributed by atoms with Gasteiger partial charge in [-0.2, -0.15) is 5.10 Å². The molecule has 2 aliphatic heterocycles. The summed E-state index contributed by atoms with van der Waals surface area (Å²) in [7, 11) is 1.87. The van der Waals surface area contributed by atoms with Crippen LogP contribution in [0.1, 0.15) is 36.7 Å². The number of hydrogen-bond acceptors (Lipinski definition) is 3. The minimum atomic E-state index is -0.256. The predicted octanol–water partition coefficient (Wildman–Crippen LogP) is 3.43. The molecule has 1 amide bonds. The Hall–Kier alpha value is -1.92. The monoisotopic (exact) mass is 404 g/mol. The number of carbonyl (C=O) groups excluding carboxylic acids is 1. The van der Waals surface area contributed by atoms with Crippen molar-refractivity contribution in [2.45, 2.75) is 32.9 Å². The third-order valence-corrected chi connectivity index (χ3v) is 6.68. The molecular formula is C21H26ClFN4O. The number of benzene rings is 1. The van der Waals surface area contributed by atoms with E-state index in [1.807, 2.05) is 18.0 Å². The van der Waals surface area contributed by atoms with Crippen LogP contribution in [-0.4, -0.2) is 45.1 Å². The van der Waals surface area contributed by atoms with Crippen molar-refractivity contribution in [1.82, 2.24) is 19.6 Å². The Bertz CT molecular complexity index is 899. The average molecular weight is 405 g/mol. The molecule has 0 spiro atoms. The first-order valence-electron chi connectivity index (χ1n) is 9.84. The molecule has 0 N–H and O–H groups in total. The van der Waals surface area contributed by atoms with E-state index in [9.17, 15) is 9.18 Å². The topological polar surface area (TPSA) is 41.4 Å². The van der Waals surface area contributed by atoms with Gasteiger partial charge in [0.15, 0.2) is 0 Å². The summed E-state index contributed by atoms with van der Waals surface area (Å²) in [6.07, 6.45) is 0.848. The largest absolute Gasteiger partial charge is 0.335 e. The Kier molecular flexibility index (Phi) is 5.19. The van der Waals surface area contributed by atoms with E-state index >= 15 is 0 Å². The summed E-state index contributed by atoms with van der Waals surface area (Å²) < 4.78 is 15.6. The summed E-state index contributed by atoms with van der Waals surface area (Å²) >= 11 is 6.48. The fraction of sp³-hybridized carbons (Fsp3) is 0.524. The van der Waals surface area contributed by atoms with Gasteiger partial charge in [-0.05, 0) is 30.0 Å². The summed E-state index contributed by atoms with van der Waals surface area (Å²) in [6.45, 7) is 6.95. The molecule has 1 aromatic heterocycles. The molecule has 150 valence electrons. The van der Waals surface area contributed by atoms with Crippen molar-refractivity contribution in [2.75, 3.05) is 19.6 Å². The zero-order valence-electron chi connectivity index (χ0n) is 16.5. The fourth-order valence-corrected chi connectivity index (χ4v) is 5.18. The maximum absolute atomic E-state index is 13.8. The quantitative estimate of drug-likeness (QED) is 0.784. The Balaban J connectivity index is 1.57. The Morgan fingerprint density at radius 1 is 1.32 bits per heavy atom. The molecule has 2 fully saturated rings. The second-order valence-corrected chi connectivity index (χ2v) is 8.34. The lowest BCUT2D eigenvalue weighted by molar-refractivity contribution is -0.130. The minimum Gasteiger partial charge on any atom is -0.335 e. The highest BCUT2D eigenvalue weighted by Crippen LogP contribution is 2.45. The van der Waals surface area contributed by atoms with Gasteiger partial charge in [-0.1, -0.05) is 30.7 Å². The second-order valence-electron chi connectivity index (χ2n) is 7.98. The first-order chi connectivity index (χ1) is 13.4. The Morgan fingerprint density at radius 3 is 2.79 bits per heavy atom. The SMILES string of the molecule is CCc1nn(C)c(Cl)c1CN1C[C@@H]2CN(C(C)=O)[C@H](c3cccc(F)c3)[C@@H]2C1. The van der Waals surface area contributed by atoms with Crippen molar-refractivity contribution in [1.29, 1.82) is 0 Å². The van der Waals surface area contributed by atoms with Crippen LogP contribution < -0.4 is 0 Å². The number of hydrogen-bond donors (Lipinski definition) is 0. The number of nitrogens with zero attached hydrogens (tertiary/aromatic N) is 4. The normalized spacial score (nSPS) is 24.8. The standard InChI is InChI=1S/C21H26ClFN4O/c1-4-19-18(21(22)25(3)24-19)12-26-9-15-10-27(13(2)28)20(17(15)11-26)14-6-5-7-16(23)8-14/h5-8,15,17,20H,4,9-12H2,1-3H3/t15-,17-,20-/m1/s1. The van der Waals surface area contributed by atoms with Crippen LogP contribution >= 0.6 is 11.6 Å². The van der Waals surface area contributed by atoms with Gasteiger partial charge in [-0.3, -0.25) is 14.4 Å². The minimum absolute atomic E-state index is 0.0544. The van der Waals surface area contributed by atoms with Gasteiger partial charge in [0, 0.05) is 51.6 Å². The summed E-state index contributed by atoms with van der Waals surface area (Å²) in [5.74, 6) is 0.483. The molecule has 0 saturated carbocycles. The van der Waals surface area contributed by atoms with Gasteiger partial charge in [0.1, 0.15) is 11.0 Å². The summed E-state index contributed by atoms with van der Waals surface area (Å²) in [6, 6.07) is 6.61. The van der Waals surface area contributed by atoms with Crippen LogP contribution in [0.2, 0.25) is 5.15 Å². The molecule has 1 aromatic carbocycles. The number of halogens is 2. The Labute approximate surface area is 170 Å². The van der Waals surface area contributed by atoms with E-state index in [1.165, 1.54) is 6.07 Å². The molecular weight excluding hydrogens is 379 g/mol. The van der Waals surface area contributed by atoms with Crippen LogP contribution in [0.5, 0.6) is 0 Å². The molecule has 4 rings (SSSR count). The van der Waals surface area contributed by atoms with Gasteiger partial charge < -0.3 is 4.90 Å². The average Bonchev–Trinajstić information content (AvgIpc) is 3.28. The zero-order valence-corrected chi connectivity index (χ0v) is 17.3. The van der Waals surface area contributed by atoms with Crippen LogP contribution in [0, 0.1) is 17.7 Å². The van der Waals surface area contributed by atoms with Crippen molar-refractivity contribution in [3.05, 3.63) is 52.1 Å². The first-order valence-corrected chi connectivity index (χ1v) is 10.2. The van der Waals surface area contributed by atoms with Gasteiger partial charge in [0.25, 0.3) is 0 Å². The lowest BCUT2D eigenvalue weighted by Gasteiger charge is -2.29. The number of rotatable bonds is 4. The molecule has 0 radical (unpaired) electrons. The van der Waals surface area contributed by atoms with E-state index in [2.05, 4.69) is 16.9 Å². The maximum Gasteiger partial charge on any atom is 0.219 e. The lowest BCUT2D eigenvalue weighted by Crippen LogP contribution is -2.34. The highest BCUT2D eigenvalue weighted by atomic mass is 35.5. The third kappa shape index (κ3) is 3.33. The molecule has 3 atom stereocenters. The summed E-state index contributed by atoms with van der Waals surface area (Å²) in [5, 5.41) is 5.21. The van der Waals surface area contributed by atoms with Gasteiger partial charge in [0.05, 0.1) is 11.7 Å². The van der Waals surface area contributed by atoms with Gasteiger partial charge in [0.2, 0.25) is 5.91 Å². The molecule has 7 heteroatoms. The third-order valence-electron chi connectivity index (χ3n) is 6.20. The second kappa shape index (κ2) is 7.48. The van der Waals surface area contributed by atoms with Crippen LogP contribution in [0.25, 0.3) is 0 Å². The summed E-state index contributed by atoms with van der Waals surface area (Å²) in [5.41, 5.74) is 3.02. The van der Waals surface area contributed by atoms with E-state index < -0.39 is 0 Å². The molecule has 0 aliphatic carbocycles. The van der Waals surface area contributed by atoms with E-state index in [4.69, 9.17) is 11.6 Å². The van der Waals surface area contributed by atoms with Crippen LogP contribution in [0.4, 0.5) is 4.39 Å². The van der Waals surface area contributed by atoms with E-state index in [-0.39, 0.29) is 17.8 Å². The van der Waals surface area contributed by atoms with Gasteiger partial charge >= 0.3 is 0 Å². The first kappa shape index (κ1) is 19.4. The maximum atomic E-state index is 13.8. The molecule has 2 aliphatic rings. The van der Waals surface area contributed by atoms with Crippen molar-refractivity contribution in [3.8, 4) is 0 Å². The molecule has 3 heterocycles. The highest BCUT2D eigenvalue weighted by molar-refractivity contribution is 6.30. The van der Waals surface area contributed by atoms with E-state index in [1.54, 1.807) is 23.7 Å². The number of likely N-dealkylation sites (tertiary alicyclic amines) is 2. The number of aromatic nitrogens is 2. The van der Waals surface area contributed by atoms with Gasteiger partial charge in [-0.25, -0.2) is 4.39 Å². The van der Waals surface area contributed by atoms with Crippen LogP contribution in [-0.2, 0) is 24.8 Å². The van der Waals surface area contributed by atoms with Crippen molar-refractivity contribution in [2.24, 2.45) is 18.9 Å². The Morgan fingerprint density at radius 2 is 2.11 bits per heavy atom. The van der Waals surface area contributed by atoms with Crippen LogP contribution in [0.3, 0.4) is 0 Å². The predicted molar refractivity (Wildman–Crippen MR) is 106 cm³/mol. The van der Waals surface area contributed by atoms with Gasteiger partial charge in [-0.15, -0.1) is 0 Å². The lowest BCUT2D eigenvalue weighted by atomic mass is 9.89. The number of amides is 1.